The molecule has 0 unspecified atom stereocenters. The molecule has 0 spiro atoms. The van der Waals surface area contributed by atoms with Crippen molar-refractivity contribution in [2.75, 3.05) is 0 Å². The standard InChI is InChI=1S/C15H12Br2INO/c16-8-10-1-3-11(4-2-10)9-19-15(20)13-7-12(18)5-6-14(13)17/h1-7H,8-9H2,(H,19,20). The van der Waals surface area contributed by atoms with Crippen LogP contribution in [0.25, 0.3) is 0 Å². The summed E-state index contributed by atoms with van der Waals surface area (Å²) < 4.78 is 1.85. The number of amides is 1. The quantitative estimate of drug-likeness (QED) is 0.463. The fourth-order valence-electron chi connectivity index (χ4n) is 1.70. The Morgan fingerprint density at radius 1 is 1.10 bits per heavy atom. The lowest BCUT2D eigenvalue weighted by Gasteiger charge is -2.08. The third-order valence-corrected chi connectivity index (χ3v) is 4.81. The zero-order chi connectivity index (χ0) is 14.5. The van der Waals surface area contributed by atoms with Crippen LogP contribution in [-0.4, -0.2) is 5.91 Å². The van der Waals surface area contributed by atoms with Crippen LogP contribution in [-0.2, 0) is 11.9 Å². The number of hydrogen-bond acceptors (Lipinski definition) is 1. The van der Waals surface area contributed by atoms with Gasteiger partial charge in [-0.2, -0.15) is 0 Å². The van der Waals surface area contributed by atoms with E-state index >= 15 is 0 Å². The molecule has 2 aromatic rings. The fourth-order valence-corrected chi connectivity index (χ4v) is 2.99. The lowest BCUT2D eigenvalue weighted by atomic mass is 10.1. The van der Waals surface area contributed by atoms with E-state index in [1.807, 2.05) is 30.3 Å². The molecule has 2 aromatic carbocycles. The second kappa shape index (κ2) is 7.56. The minimum absolute atomic E-state index is 0.0695. The highest BCUT2D eigenvalue weighted by atomic mass is 127. The SMILES string of the molecule is O=C(NCc1ccc(CBr)cc1)c1cc(I)ccc1Br. The molecule has 0 bridgehead atoms. The summed E-state index contributed by atoms with van der Waals surface area (Å²) in [5, 5.41) is 3.78. The largest absolute Gasteiger partial charge is 0.348 e. The number of benzene rings is 2. The summed E-state index contributed by atoms with van der Waals surface area (Å²) in [6.45, 7) is 0.527. The summed E-state index contributed by atoms with van der Waals surface area (Å²) in [5.74, 6) is -0.0695. The summed E-state index contributed by atoms with van der Waals surface area (Å²) >= 11 is 9.02. The van der Waals surface area contributed by atoms with Gasteiger partial charge in [-0.1, -0.05) is 40.2 Å². The first-order valence-electron chi connectivity index (χ1n) is 5.97. The number of hydrogen-bond donors (Lipinski definition) is 1. The van der Waals surface area contributed by atoms with Crippen LogP contribution in [0, 0.1) is 3.57 Å². The molecule has 0 aromatic heterocycles. The Bertz CT molecular complexity index is 614. The topological polar surface area (TPSA) is 29.1 Å². The molecular formula is C15H12Br2INO. The van der Waals surface area contributed by atoms with Gasteiger partial charge in [0.25, 0.3) is 5.91 Å². The van der Waals surface area contributed by atoms with Gasteiger partial charge < -0.3 is 5.32 Å². The van der Waals surface area contributed by atoms with Crippen molar-refractivity contribution < 1.29 is 4.79 Å². The first-order valence-corrected chi connectivity index (χ1v) is 8.96. The predicted molar refractivity (Wildman–Crippen MR) is 97.1 cm³/mol. The van der Waals surface area contributed by atoms with Crippen LogP contribution >= 0.6 is 54.5 Å². The maximum atomic E-state index is 12.2. The smallest absolute Gasteiger partial charge is 0.252 e. The Morgan fingerprint density at radius 3 is 2.40 bits per heavy atom. The van der Waals surface area contributed by atoms with Gasteiger partial charge >= 0.3 is 0 Å². The molecule has 1 amide bonds. The molecule has 104 valence electrons. The molecule has 2 rings (SSSR count). The van der Waals surface area contributed by atoms with Crippen LogP contribution in [0.3, 0.4) is 0 Å². The Balaban J connectivity index is 2.02. The van der Waals surface area contributed by atoms with E-state index in [0.29, 0.717) is 12.1 Å². The lowest BCUT2D eigenvalue weighted by Crippen LogP contribution is -2.23. The molecule has 0 saturated carbocycles. The molecule has 1 N–H and O–H groups in total. The highest BCUT2D eigenvalue weighted by molar-refractivity contribution is 14.1. The Hall–Kier alpha value is -0.400. The molecule has 0 aliphatic carbocycles. The van der Waals surface area contributed by atoms with Gasteiger partial charge in [-0.3, -0.25) is 4.79 Å². The maximum Gasteiger partial charge on any atom is 0.252 e. The summed E-state index contributed by atoms with van der Waals surface area (Å²) in [6.07, 6.45) is 0. The number of halogens is 3. The van der Waals surface area contributed by atoms with Crippen molar-refractivity contribution in [1.29, 1.82) is 0 Å². The lowest BCUT2D eigenvalue weighted by molar-refractivity contribution is 0.0950. The molecule has 0 heterocycles. The van der Waals surface area contributed by atoms with E-state index in [0.717, 1.165) is 18.9 Å². The van der Waals surface area contributed by atoms with E-state index in [2.05, 4.69) is 71.9 Å². The van der Waals surface area contributed by atoms with Gasteiger partial charge in [0, 0.05) is 19.9 Å². The summed E-state index contributed by atoms with van der Waals surface area (Å²) in [6, 6.07) is 13.9. The van der Waals surface area contributed by atoms with Crippen LogP contribution in [0.5, 0.6) is 0 Å². The molecule has 0 saturated heterocycles. The van der Waals surface area contributed by atoms with Crippen LogP contribution in [0.1, 0.15) is 21.5 Å². The highest BCUT2D eigenvalue weighted by Crippen LogP contribution is 2.19. The van der Waals surface area contributed by atoms with Crippen LogP contribution in [0.4, 0.5) is 0 Å². The normalized spacial score (nSPS) is 10.3. The number of carbonyl (C=O) groups is 1. The van der Waals surface area contributed by atoms with Crippen molar-refractivity contribution in [3.63, 3.8) is 0 Å². The average Bonchev–Trinajstić information content (AvgIpc) is 2.47. The second-order valence-electron chi connectivity index (χ2n) is 4.26. The number of alkyl halides is 1. The molecule has 0 atom stereocenters. The van der Waals surface area contributed by atoms with E-state index < -0.39 is 0 Å². The average molecular weight is 509 g/mol. The third-order valence-electron chi connectivity index (χ3n) is 2.80. The van der Waals surface area contributed by atoms with E-state index in [1.54, 1.807) is 0 Å². The zero-order valence-corrected chi connectivity index (χ0v) is 15.8. The van der Waals surface area contributed by atoms with Crippen LogP contribution < -0.4 is 5.32 Å². The Morgan fingerprint density at radius 2 is 1.75 bits per heavy atom. The van der Waals surface area contributed by atoms with Crippen molar-refractivity contribution >= 4 is 60.4 Å². The number of nitrogens with one attached hydrogen (secondary N) is 1. The third kappa shape index (κ3) is 4.30. The number of carbonyl (C=O) groups excluding carboxylic acids is 1. The fraction of sp³-hybridized carbons (Fsp3) is 0.133. The second-order valence-corrected chi connectivity index (χ2v) is 6.92. The summed E-state index contributed by atoms with van der Waals surface area (Å²) in [4.78, 5) is 12.2. The van der Waals surface area contributed by atoms with E-state index in [9.17, 15) is 4.79 Å². The maximum absolute atomic E-state index is 12.2. The van der Waals surface area contributed by atoms with Crippen molar-refractivity contribution in [3.05, 3.63) is 67.2 Å². The van der Waals surface area contributed by atoms with Gasteiger partial charge in [0.15, 0.2) is 0 Å². The molecular weight excluding hydrogens is 497 g/mol. The van der Waals surface area contributed by atoms with Crippen molar-refractivity contribution in [1.82, 2.24) is 5.32 Å². The van der Waals surface area contributed by atoms with Gasteiger partial charge in [-0.05, 0) is 67.8 Å². The Labute approximate surface area is 148 Å². The highest BCUT2D eigenvalue weighted by Gasteiger charge is 2.10. The van der Waals surface area contributed by atoms with Crippen LogP contribution in [0.15, 0.2) is 46.9 Å². The van der Waals surface area contributed by atoms with Crippen molar-refractivity contribution in [2.45, 2.75) is 11.9 Å². The van der Waals surface area contributed by atoms with Gasteiger partial charge in [-0.15, -0.1) is 0 Å². The van der Waals surface area contributed by atoms with Gasteiger partial charge in [-0.25, -0.2) is 0 Å². The molecule has 0 radical (unpaired) electrons. The Kier molecular flexibility index (Phi) is 6.04. The first-order chi connectivity index (χ1) is 9.60. The van der Waals surface area contributed by atoms with E-state index in [4.69, 9.17) is 0 Å². The molecule has 0 aliphatic heterocycles. The zero-order valence-electron chi connectivity index (χ0n) is 10.5. The molecule has 0 fully saturated rings. The first kappa shape index (κ1) is 16.0. The minimum atomic E-state index is -0.0695. The predicted octanol–water partition coefficient (Wildman–Crippen LogP) is 4.88. The van der Waals surface area contributed by atoms with Gasteiger partial charge in [0.2, 0.25) is 0 Å². The molecule has 5 heteroatoms. The minimum Gasteiger partial charge on any atom is -0.348 e. The van der Waals surface area contributed by atoms with Gasteiger partial charge in [0.1, 0.15) is 0 Å². The van der Waals surface area contributed by atoms with Crippen molar-refractivity contribution in [2.24, 2.45) is 0 Å². The number of rotatable bonds is 4. The van der Waals surface area contributed by atoms with E-state index in [-0.39, 0.29) is 5.91 Å². The molecule has 0 aliphatic rings. The van der Waals surface area contributed by atoms with Crippen molar-refractivity contribution in [3.8, 4) is 0 Å². The van der Waals surface area contributed by atoms with E-state index in [1.165, 1.54) is 5.56 Å². The molecule has 2 nitrogen and oxygen atoms in total. The summed E-state index contributed by atoms with van der Waals surface area (Å²) in [7, 11) is 0. The monoisotopic (exact) mass is 507 g/mol. The van der Waals surface area contributed by atoms with Crippen LogP contribution in [0.2, 0.25) is 0 Å². The molecule has 20 heavy (non-hydrogen) atoms. The summed E-state index contributed by atoms with van der Waals surface area (Å²) in [5.41, 5.74) is 2.97. The van der Waals surface area contributed by atoms with Gasteiger partial charge in [0.05, 0.1) is 5.56 Å².